The summed E-state index contributed by atoms with van der Waals surface area (Å²) in [4.78, 5) is 28.7. The summed E-state index contributed by atoms with van der Waals surface area (Å²) in [5.41, 5.74) is 2.42. The molecule has 2 rings (SSSR count). The topological polar surface area (TPSA) is 82.5 Å². The molecule has 0 saturated heterocycles. The molecule has 6 heteroatoms. The van der Waals surface area contributed by atoms with Crippen LogP contribution in [0.3, 0.4) is 0 Å². The number of carboxylic acids is 1. The lowest BCUT2D eigenvalue weighted by Crippen LogP contribution is -2.24. The lowest BCUT2D eigenvalue weighted by Gasteiger charge is -2.11. The van der Waals surface area contributed by atoms with Crippen LogP contribution >= 0.6 is 0 Å². The van der Waals surface area contributed by atoms with Crippen molar-refractivity contribution in [2.24, 2.45) is 0 Å². The molecule has 0 saturated carbocycles. The van der Waals surface area contributed by atoms with Crippen LogP contribution in [0, 0.1) is 0 Å². The minimum Gasteiger partial charge on any atom is -0.478 e. The molecule has 0 unspecified atom stereocenters. The highest BCUT2D eigenvalue weighted by Crippen LogP contribution is 2.07. The van der Waals surface area contributed by atoms with Gasteiger partial charge >= 0.3 is 5.97 Å². The van der Waals surface area contributed by atoms with Crippen molar-refractivity contribution in [3.63, 3.8) is 0 Å². The number of aromatic carboxylic acids is 1. The van der Waals surface area contributed by atoms with Gasteiger partial charge in [0.2, 0.25) is 0 Å². The van der Waals surface area contributed by atoms with E-state index in [0.717, 1.165) is 12.1 Å². The summed E-state index contributed by atoms with van der Waals surface area (Å²) in [6.07, 6.45) is 1.18. The fraction of sp³-hybridized carbons (Fsp3) is 0.235. The number of pyridine rings is 1. The Morgan fingerprint density at radius 1 is 1.17 bits per heavy atom. The van der Waals surface area contributed by atoms with E-state index in [-0.39, 0.29) is 17.2 Å². The summed E-state index contributed by atoms with van der Waals surface area (Å²) in [5, 5.41) is 11.6. The Morgan fingerprint density at radius 3 is 2.52 bits per heavy atom. The zero-order valence-electron chi connectivity index (χ0n) is 13.1. The van der Waals surface area contributed by atoms with Gasteiger partial charge in [0, 0.05) is 19.3 Å². The van der Waals surface area contributed by atoms with Crippen LogP contribution in [0.25, 0.3) is 0 Å². The first-order chi connectivity index (χ1) is 11.0. The molecule has 0 radical (unpaired) electrons. The van der Waals surface area contributed by atoms with Gasteiger partial charge in [-0.2, -0.15) is 0 Å². The van der Waals surface area contributed by atoms with Crippen molar-refractivity contribution >= 4 is 11.9 Å². The second-order valence-corrected chi connectivity index (χ2v) is 5.48. The highest BCUT2D eigenvalue weighted by molar-refractivity contribution is 5.93. The molecular weight excluding hydrogens is 294 g/mol. The second-order valence-electron chi connectivity index (χ2n) is 5.48. The average Bonchev–Trinajstić information content (AvgIpc) is 2.52. The first-order valence-electron chi connectivity index (χ1n) is 7.16. The van der Waals surface area contributed by atoms with Crippen LogP contribution in [0.15, 0.2) is 42.6 Å². The summed E-state index contributed by atoms with van der Waals surface area (Å²) in [7, 11) is 4.00. The molecule has 1 amide bonds. The number of nitrogens with zero attached hydrogens (tertiary/aromatic N) is 2. The zero-order chi connectivity index (χ0) is 16.8. The molecule has 0 aliphatic heterocycles. The van der Waals surface area contributed by atoms with Crippen molar-refractivity contribution in [3.05, 3.63) is 65.0 Å². The molecule has 23 heavy (non-hydrogen) atoms. The van der Waals surface area contributed by atoms with Gasteiger partial charge < -0.3 is 15.3 Å². The van der Waals surface area contributed by atoms with Crippen molar-refractivity contribution in [2.75, 3.05) is 14.1 Å². The minimum atomic E-state index is -1.07. The van der Waals surface area contributed by atoms with E-state index < -0.39 is 5.97 Å². The molecule has 6 nitrogen and oxygen atoms in total. The number of hydrogen-bond acceptors (Lipinski definition) is 4. The fourth-order valence-corrected chi connectivity index (χ4v) is 2.13. The van der Waals surface area contributed by atoms with Gasteiger partial charge in [-0.15, -0.1) is 0 Å². The predicted molar refractivity (Wildman–Crippen MR) is 86.2 cm³/mol. The molecule has 1 heterocycles. The highest BCUT2D eigenvalue weighted by atomic mass is 16.4. The Hall–Kier alpha value is -2.73. The van der Waals surface area contributed by atoms with Crippen molar-refractivity contribution < 1.29 is 14.7 Å². The van der Waals surface area contributed by atoms with Crippen molar-refractivity contribution in [2.45, 2.75) is 13.1 Å². The zero-order valence-corrected chi connectivity index (χ0v) is 13.1. The molecule has 1 aromatic heterocycles. The highest BCUT2D eigenvalue weighted by Gasteiger charge is 2.09. The van der Waals surface area contributed by atoms with Gasteiger partial charge in [0.25, 0.3) is 5.91 Å². The predicted octanol–water partition coefficient (Wildman–Crippen LogP) is 1.77. The average molecular weight is 313 g/mol. The van der Waals surface area contributed by atoms with E-state index in [1.54, 1.807) is 0 Å². The van der Waals surface area contributed by atoms with Gasteiger partial charge in [-0.3, -0.25) is 9.78 Å². The van der Waals surface area contributed by atoms with E-state index >= 15 is 0 Å². The van der Waals surface area contributed by atoms with Gasteiger partial charge in [0.1, 0.15) is 5.69 Å². The van der Waals surface area contributed by atoms with E-state index in [1.165, 1.54) is 23.9 Å². The van der Waals surface area contributed by atoms with Crippen LogP contribution in [-0.4, -0.2) is 41.0 Å². The number of amides is 1. The van der Waals surface area contributed by atoms with Crippen LogP contribution in [0.4, 0.5) is 0 Å². The molecule has 120 valence electrons. The summed E-state index contributed by atoms with van der Waals surface area (Å²) in [6.45, 7) is 1.22. The molecule has 2 N–H and O–H groups in total. The van der Waals surface area contributed by atoms with Crippen molar-refractivity contribution in [1.29, 1.82) is 0 Å². The number of carbonyl (C=O) groups is 2. The Balaban J connectivity index is 1.97. The van der Waals surface area contributed by atoms with E-state index in [9.17, 15) is 9.59 Å². The third-order valence-corrected chi connectivity index (χ3v) is 3.19. The largest absolute Gasteiger partial charge is 0.478 e. The molecule has 2 aromatic rings. The third-order valence-electron chi connectivity index (χ3n) is 3.19. The summed E-state index contributed by atoms with van der Waals surface area (Å²) >= 11 is 0. The van der Waals surface area contributed by atoms with Gasteiger partial charge in [0.05, 0.1) is 5.56 Å². The van der Waals surface area contributed by atoms with Crippen LogP contribution in [0.1, 0.15) is 32.0 Å². The number of nitrogens with one attached hydrogen (secondary N) is 1. The van der Waals surface area contributed by atoms with Crippen LogP contribution in [0.2, 0.25) is 0 Å². The van der Waals surface area contributed by atoms with Gasteiger partial charge in [-0.05, 0) is 37.4 Å². The molecule has 0 bridgehead atoms. The van der Waals surface area contributed by atoms with Gasteiger partial charge in [-0.25, -0.2) is 4.79 Å². The maximum absolute atomic E-state index is 12.0. The van der Waals surface area contributed by atoms with E-state index in [4.69, 9.17) is 5.11 Å². The monoisotopic (exact) mass is 313 g/mol. The Kier molecular flexibility index (Phi) is 5.43. The van der Waals surface area contributed by atoms with Crippen LogP contribution in [0.5, 0.6) is 0 Å². The molecule has 1 aromatic carbocycles. The first kappa shape index (κ1) is 16.6. The Bertz CT molecular complexity index is 696. The number of hydrogen-bond donors (Lipinski definition) is 2. The van der Waals surface area contributed by atoms with Crippen LogP contribution < -0.4 is 5.32 Å². The second kappa shape index (κ2) is 7.51. The molecule has 0 fully saturated rings. The Labute approximate surface area is 134 Å². The molecule has 0 aliphatic rings. The third kappa shape index (κ3) is 4.89. The number of benzene rings is 1. The summed E-state index contributed by atoms with van der Waals surface area (Å²) in [6, 6.07) is 10.8. The molecule has 0 spiro atoms. The number of rotatable bonds is 6. The Morgan fingerprint density at radius 2 is 1.91 bits per heavy atom. The minimum absolute atomic E-state index is 0.0536. The van der Waals surface area contributed by atoms with Crippen molar-refractivity contribution in [3.8, 4) is 0 Å². The van der Waals surface area contributed by atoms with Crippen molar-refractivity contribution in [1.82, 2.24) is 15.2 Å². The first-order valence-corrected chi connectivity index (χ1v) is 7.16. The fourth-order valence-electron chi connectivity index (χ4n) is 2.13. The van der Waals surface area contributed by atoms with E-state index in [2.05, 4.69) is 15.2 Å². The van der Waals surface area contributed by atoms with Gasteiger partial charge in [0.15, 0.2) is 0 Å². The lowest BCUT2D eigenvalue weighted by atomic mass is 10.1. The smallest absolute Gasteiger partial charge is 0.337 e. The number of carboxylic acid groups (broad SMARTS) is 1. The van der Waals surface area contributed by atoms with Gasteiger partial charge in [-0.1, -0.05) is 24.3 Å². The normalized spacial score (nSPS) is 10.6. The van der Waals surface area contributed by atoms with Crippen LogP contribution in [-0.2, 0) is 13.1 Å². The molecule has 0 aliphatic carbocycles. The SMILES string of the molecule is CN(C)Cc1cccc(CNC(=O)c2ccc(C(=O)O)cn2)c1. The van der Waals surface area contributed by atoms with E-state index in [0.29, 0.717) is 6.54 Å². The number of aromatic nitrogens is 1. The lowest BCUT2D eigenvalue weighted by molar-refractivity contribution is 0.0695. The van der Waals surface area contributed by atoms with E-state index in [1.807, 2.05) is 38.4 Å². The number of carbonyl (C=O) groups excluding carboxylic acids is 1. The maximum atomic E-state index is 12.0. The molecular formula is C17H19N3O3. The molecule has 0 atom stereocenters. The maximum Gasteiger partial charge on any atom is 0.337 e. The summed E-state index contributed by atoms with van der Waals surface area (Å²) in [5.74, 6) is -1.40. The standard InChI is InChI=1S/C17H19N3O3/c1-20(2)11-13-5-3-4-12(8-13)9-19-16(21)15-7-6-14(10-18-15)17(22)23/h3-8,10H,9,11H2,1-2H3,(H,19,21)(H,22,23). The quantitative estimate of drug-likeness (QED) is 0.849. The summed E-state index contributed by atoms with van der Waals surface area (Å²) < 4.78 is 0.